The Morgan fingerprint density at radius 1 is 0.967 bits per heavy atom. The zero-order valence-electron chi connectivity index (χ0n) is 17.0. The lowest BCUT2D eigenvalue weighted by molar-refractivity contribution is -0.140. The van der Waals surface area contributed by atoms with Gasteiger partial charge in [-0.1, -0.05) is 60.2 Å². The van der Waals surface area contributed by atoms with Gasteiger partial charge in [0.25, 0.3) is 0 Å². The monoisotopic (exact) mass is 413 g/mol. The van der Waals surface area contributed by atoms with Crippen molar-refractivity contribution in [1.29, 1.82) is 0 Å². The summed E-state index contributed by atoms with van der Waals surface area (Å²) >= 11 is 1.62. The van der Waals surface area contributed by atoms with Gasteiger partial charge in [0, 0.05) is 4.90 Å². The molecule has 0 radical (unpaired) electrons. The molecule has 1 amide bonds. The van der Waals surface area contributed by atoms with Gasteiger partial charge in [0.05, 0.1) is 19.4 Å². The van der Waals surface area contributed by atoms with Crippen molar-refractivity contribution in [3.8, 4) is 5.75 Å². The Kier molecular flexibility index (Phi) is 6.08. The zero-order valence-corrected chi connectivity index (χ0v) is 17.8. The number of carbonyl (C=O) groups excluding carboxylic acids is 1. The molecule has 2 unspecified atom stereocenters. The Balaban J connectivity index is 1.56. The van der Waals surface area contributed by atoms with Crippen LogP contribution in [0.2, 0.25) is 0 Å². The van der Waals surface area contributed by atoms with Gasteiger partial charge in [0.2, 0.25) is 5.91 Å². The molecule has 150 valence electrons. The summed E-state index contributed by atoms with van der Waals surface area (Å²) in [6.45, 7) is 2.07. The molecule has 4 rings (SSSR count). The van der Waals surface area contributed by atoms with Crippen LogP contribution in [0.5, 0.6) is 5.75 Å². The lowest BCUT2D eigenvalue weighted by Crippen LogP contribution is -2.54. The first-order chi connectivity index (χ1) is 14.7. The Morgan fingerprint density at radius 2 is 1.67 bits per heavy atom. The topological polar surface area (TPSA) is 29.5 Å². The van der Waals surface area contributed by atoms with E-state index in [2.05, 4.69) is 49.1 Å². The first-order valence-electron chi connectivity index (χ1n) is 9.83. The molecule has 2 atom stereocenters. The number of hydrogen-bond donors (Lipinski definition) is 0. The summed E-state index contributed by atoms with van der Waals surface area (Å²) in [5, 5.41) is -0.144. The van der Waals surface area contributed by atoms with E-state index in [9.17, 15) is 4.79 Å². The lowest BCUT2D eigenvalue weighted by atomic mass is 9.94. The number of hydrogen-bond acceptors (Lipinski definition) is 3. The summed E-state index contributed by atoms with van der Waals surface area (Å²) in [6.07, 6.45) is 3.63. The van der Waals surface area contributed by atoms with Gasteiger partial charge in [-0.2, -0.15) is 0 Å². The third kappa shape index (κ3) is 4.35. The maximum atomic E-state index is 12.9. The number of aryl methyl sites for hydroxylation is 1. The van der Waals surface area contributed by atoms with E-state index in [0.29, 0.717) is 0 Å². The van der Waals surface area contributed by atoms with Crippen LogP contribution in [0.25, 0.3) is 6.08 Å². The van der Waals surface area contributed by atoms with E-state index in [1.54, 1.807) is 30.0 Å². The third-order valence-corrected chi connectivity index (χ3v) is 6.35. The Labute approximate surface area is 181 Å². The standard InChI is InChI=1S/C26H23NO2S/c1-19-10-16-23(17-11-19)30-25-24(21-8-4-3-5-9-21)27(26(25)28)18-6-7-20-12-14-22(29-2)15-13-20/h3-5,7-18,24-25H,1-2H3. The molecule has 3 nitrogen and oxygen atoms in total. The van der Waals surface area contributed by atoms with Gasteiger partial charge in [-0.05, 0) is 48.4 Å². The van der Waals surface area contributed by atoms with Gasteiger partial charge in [-0.3, -0.25) is 4.79 Å². The quantitative estimate of drug-likeness (QED) is 0.374. The van der Waals surface area contributed by atoms with E-state index in [1.807, 2.05) is 48.5 Å². The van der Waals surface area contributed by atoms with E-state index in [0.717, 1.165) is 21.8 Å². The van der Waals surface area contributed by atoms with Crippen LogP contribution in [0.15, 0.2) is 95.7 Å². The number of ether oxygens (including phenoxy) is 1. The number of carbonyl (C=O) groups is 1. The van der Waals surface area contributed by atoms with Crippen molar-refractivity contribution >= 4 is 23.7 Å². The third-order valence-electron chi connectivity index (χ3n) is 5.09. The maximum absolute atomic E-state index is 12.9. The van der Waals surface area contributed by atoms with Crippen LogP contribution in [0.1, 0.15) is 22.7 Å². The van der Waals surface area contributed by atoms with Crippen LogP contribution < -0.4 is 4.74 Å². The van der Waals surface area contributed by atoms with Crippen LogP contribution in [0, 0.1) is 6.92 Å². The van der Waals surface area contributed by atoms with Gasteiger partial charge in [0.15, 0.2) is 0 Å². The first-order valence-corrected chi connectivity index (χ1v) is 10.7. The van der Waals surface area contributed by atoms with Gasteiger partial charge in [-0.25, -0.2) is 0 Å². The van der Waals surface area contributed by atoms with Crippen LogP contribution in [-0.4, -0.2) is 23.2 Å². The number of likely N-dealkylation sites (tertiary alicyclic amines) is 1. The zero-order chi connectivity index (χ0) is 20.9. The van der Waals surface area contributed by atoms with Crippen LogP contribution in [-0.2, 0) is 4.79 Å². The van der Waals surface area contributed by atoms with Crippen LogP contribution in [0.3, 0.4) is 0 Å². The lowest BCUT2D eigenvalue weighted by Gasteiger charge is -2.44. The predicted molar refractivity (Wildman–Crippen MR) is 122 cm³/mol. The minimum atomic E-state index is -0.144. The minimum Gasteiger partial charge on any atom is -0.497 e. The van der Waals surface area contributed by atoms with E-state index < -0.39 is 0 Å². The number of nitrogens with zero attached hydrogens (tertiary/aromatic N) is 1. The highest BCUT2D eigenvalue weighted by molar-refractivity contribution is 8.00. The number of β-lactam (4-membered cyclic amide) rings is 1. The molecule has 1 aliphatic rings. The molecule has 1 aliphatic heterocycles. The highest BCUT2D eigenvalue weighted by Crippen LogP contribution is 2.45. The number of amides is 1. The fraction of sp³-hybridized carbons (Fsp3) is 0.154. The number of methoxy groups -OCH3 is 1. The minimum absolute atomic E-state index is 0.0122. The van der Waals surface area contributed by atoms with Crippen LogP contribution >= 0.6 is 11.8 Å². The van der Waals surface area contributed by atoms with Gasteiger partial charge >= 0.3 is 0 Å². The number of rotatable bonds is 6. The average molecular weight is 414 g/mol. The molecule has 0 spiro atoms. The second kappa shape index (κ2) is 9.08. The molecule has 30 heavy (non-hydrogen) atoms. The molecule has 0 saturated carbocycles. The van der Waals surface area contributed by atoms with Crippen molar-refractivity contribution in [2.45, 2.75) is 23.1 Å². The van der Waals surface area contributed by atoms with Crippen molar-refractivity contribution < 1.29 is 9.53 Å². The van der Waals surface area contributed by atoms with E-state index in [4.69, 9.17) is 4.74 Å². The number of benzene rings is 3. The largest absolute Gasteiger partial charge is 0.497 e. The second-order valence-corrected chi connectivity index (χ2v) is 8.38. The summed E-state index contributed by atoms with van der Waals surface area (Å²) < 4.78 is 5.19. The van der Waals surface area contributed by atoms with Crippen molar-refractivity contribution in [3.05, 3.63) is 107 Å². The number of thioether (sulfide) groups is 1. The molecule has 4 heteroatoms. The molecule has 0 N–H and O–H groups in total. The Morgan fingerprint density at radius 3 is 2.33 bits per heavy atom. The van der Waals surface area contributed by atoms with Crippen molar-refractivity contribution in [2.24, 2.45) is 0 Å². The fourth-order valence-corrected chi connectivity index (χ4v) is 4.63. The highest BCUT2D eigenvalue weighted by Gasteiger charge is 2.47. The molecular weight excluding hydrogens is 390 g/mol. The maximum Gasteiger partial charge on any atom is 0.243 e. The average Bonchev–Trinajstić information content (AvgIpc) is 2.79. The summed E-state index contributed by atoms with van der Waals surface area (Å²) in [5.74, 6) is 0.916. The molecule has 0 bridgehead atoms. The first kappa shape index (κ1) is 20.1. The van der Waals surface area contributed by atoms with E-state index in [1.165, 1.54) is 5.56 Å². The summed E-state index contributed by atoms with van der Waals surface area (Å²) in [7, 11) is 1.65. The molecular formula is C26H23NO2S. The van der Waals surface area contributed by atoms with Crippen LogP contribution in [0.4, 0.5) is 0 Å². The second-order valence-electron chi connectivity index (χ2n) is 7.17. The SMILES string of the molecule is COc1ccc(C=C=CN2C(=O)C(Sc3ccc(C)cc3)C2c2ccccc2)cc1. The molecule has 1 fully saturated rings. The molecule has 0 aliphatic carbocycles. The summed E-state index contributed by atoms with van der Waals surface area (Å²) in [6, 6.07) is 26.2. The van der Waals surface area contributed by atoms with Gasteiger partial charge in [0.1, 0.15) is 11.0 Å². The predicted octanol–water partition coefficient (Wildman–Crippen LogP) is 5.87. The Bertz CT molecular complexity index is 1070. The van der Waals surface area contributed by atoms with Crippen molar-refractivity contribution in [1.82, 2.24) is 4.90 Å². The van der Waals surface area contributed by atoms with E-state index in [-0.39, 0.29) is 17.2 Å². The molecule has 1 saturated heterocycles. The summed E-state index contributed by atoms with van der Waals surface area (Å²) in [5.41, 5.74) is 6.51. The molecule has 0 aromatic heterocycles. The summed E-state index contributed by atoms with van der Waals surface area (Å²) in [4.78, 5) is 15.8. The van der Waals surface area contributed by atoms with E-state index >= 15 is 0 Å². The van der Waals surface area contributed by atoms with Crippen molar-refractivity contribution in [3.63, 3.8) is 0 Å². The molecule has 3 aromatic carbocycles. The fourth-order valence-electron chi connectivity index (χ4n) is 3.40. The Hall–Kier alpha value is -3.20. The van der Waals surface area contributed by atoms with Crippen molar-refractivity contribution in [2.75, 3.05) is 7.11 Å². The molecule has 1 heterocycles. The highest BCUT2D eigenvalue weighted by atomic mass is 32.2. The van der Waals surface area contributed by atoms with Gasteiger partial charge in [-0.15, -0.1) is 17.5 Å². The normalized spacial score (nSPS) is 17.7. The molecule has 3 aromatic rings. The van der Waals surface area contributed by atoms with Gasteiger partial charge < -0.3 is 9.64 Å². The smallest absolute Gasteiger partial charge is 0.243 e.